The summed E-state index contributed by atoms with van der Waals surface area (Å²) in [5, 5.41) is 0.257. The number of fused-ring (bicyclic) bond motifs is 4. The van der Waals surface area contributed by atoms with Crippen LogP contribution in [0, 0.1) is 0 Å². The van der Waals surface area contributed by atoms with Gasteiger partial charge in [-0.3, -0.25) is 18.7 Å². The van der Waals surface area contributed by atoms with Crippen LogP contribution in [-0.4, -0.2) is 19.9 Å². The van der Waals surface area contributed by atoms with Crippen molar-refractivity contribution in [2.45, 2.75) is 0 Å². The molecule has 0 aliphatic heterocycles. The number of carbonyl (C=O) groups is 1. The number of hydrogen-bond donors (Lipinski definition) is 0. The van der Waals surface area contributed by atoms with E-state index in [-0.39, 0.29) is 16.8 Å². The Morgan fingerprint density at radius 2 is 1.59 bits per heavy atom. The number of hydrogen-bond acceptors (Lipinski definition) is 4. The molecule has 2 aromatic heterocycles. The van der Waals surface area contributed by atoms with Crippen molar-refractivity contribution in [2.24, 2.45) is 14.1 Å². The lowest BCUT2D eigenvalue weighted by Gasteiger charge is -2.15. The van der Waals surface area contributed by atoms with Crippen LogP contribution >= 0.6 is 15.9 Å². The highest BCUT2D eigenvalue weighted by molar-refractivity contribution is 9.10. The molecule has 6 nitrogen and oxygen atoms in total. The maximum atomic E-state index is 13.3. The zero-order valence-electron chi connectivity index (χ0n) is 15.6. The predicted molar refractivity (Wildman–Crippen MR) is 114 cm³/mol. The quantitative estimate of drug-likeness (QED) is 0.395. The van der Waals surface area contributed by atoms with Gasteiger partial charge in [0, 0.05) is 35.3 Å². The van der Waals surface area contributed by atoms with Crippen molar-refractivity contribution < 1.29 is 4.79 Å². The van der Waals surface area contributed by atoms with Gasteiger partial charge in [0.2, 0.25) is 0 Å². The summed E-state index contributed by atoms with van der Waals surface area (Å²) in [6.07, 6.45) is 0. The van der Waals surface area contributed by atoms with Crippen LogP contribution in [0.4, 0.5) is 0 Å². The number of benzene rings is 2. The standard InChI is InChI=1S/C22H14BrN3O3/c1-25-20-17(21(28)26(2)22(25)29)15(11-6-5-7-12(23)10-11)16-18(24-20)13-8-3-4-9-14(13)19(16)27/h3-10H,1-2H3. The topological polar surface area (TPSA) is 74.0 Å². The molecule has 0 bridgehead atoms. The van der Waals surface area contributed by atoms with Crippen LogP contribution in [-0.2, 0) is 14.1 Å². The third-order valence-electron chi connectivity index (χ3n) is 5.36. The summed E-state index contributed by atoms with van der Waals surface area (Å²) in [4.78, 5) is 43.6. The fourth-order valence-corrected chi connectivity index (χ4v) is 4.36. The molecule has 0 fully saturated rings. The summed E-state index contributed by atoms with van der Waals surface area (Å²) in [7, 11) is 3.01. The molecule has 0 N–H and O–H groups in total. The van der Waals surface area contributed by atoms with E-state index in [1.165, 1.54) is 11.6 Å². The summed E-state index contributed by atoms with van der Waals surface area (Å²) < 4.78 is 3.22. The van der Waals surface area contributed by atoms with Crippen molar-refractivity contribution in [2.75, 3.05) is 0 Å². The highest BCUT2D eigenvalue weighted by Crippen LogP contribution is 2.43. The summed E-state index contributed by atoms with van der Waals surface area (Å²) in [6, 6.07) is 14.7. The van der Waals surface area contributed by atoms with Crippen molar-refractivity contribution in [1.82, 2.24) is 14.1 Å². The molecular formula is C22H14BrN3O3. The lowest BCUT2D eigenvalue weighted by Crippen LogP contribution is -2.37. The summed E-state index contributed by atoms with van der Waals surface area (Å²) in [5.41, 5.74) is 2.68. The third kappa shape index (κ3) is 2.34. The van der Waals surface area contributed by atoms with Gasteiger partial charge in [-0.1, -0.05) is 52.3 Å². The molecule has 1 aliphatic rings. The number of rotatable bonds is 1. The molecule has 2 aromatic carbocycles. The summed E-state index contributed by atoms with van der Waals surface area (Å²) >= 11 is 3.47. The summed E-state index contributed by atoms with van der Waals surface area (Å²) in [5.74, 6) is -0.170. The van der Waals surface area contributed by atoms with Gasteiger partial charge in [0.15, 0.2) is 11.4 Å². The number of nitrogens with zero attached hydrogens (tertiary/aromatic N) is 3. The number of carbonyl (C=O) groups excluding carboxylic acids is 1. The smallest absolute Gasteiger partial charge is 0.288 e. The second-order valence-electron chi connectivity index (χ2n) is 7.00. The van der Waals surface area contributed by atoms with Gasteiger partial charge in [-0.05, 0) is 17.7 Å². The Kier molecular flexibility index (Phi) is 3.73. The van der Waals surface area contributed by atoms with E-state index in [0.717, 1.165) is 9.04 Å². The molecule has 5 rings (SSSR count). The zero-order chi connectivity index (χ0) is 20.4. The minimum Gasteiger partial charge on any atom is -0.288 e. The molecule has 142 valence electrons. The van der Waals surface area contributed by atoms with E-state index in [9.17, 15) is 14.4 Å². The Balaban J connectivity index is 2.09. The molecule has 0 amide bonds. The minimum absolute atomic E-state index is 0.170. The molecule has 0 saturated carbocycles. The first-order chi connectivity index (χ1) is 13.9. The van der Waals surface area contributed by atoms with Crippen molar-refractivity contribution >= 4 is 32.7 Å². The second-order valence-corrected chi connectivity index (χ2v) is 7.92. The van der Waals surface area contributed by atoms with Gasteiger partial charge in [-0.15, -0.1) is 0 Å². The molecule has 0 saturated heterocycles. The number of ketones is 1. The van der Waals surface area contributed by atoms with E-state index in [2.05, 4.69) is 20.9 Å². The number of aryl methyl sites for hydroxylation is 1. The Hall–Kier alpha value is -3.32. The first kappa shape index (κ1) is 17.8. The van der Waals surface area contributed by atoms with Gasteiger partial charge in [-0.2, -0.15) is 0 Å². The Labute approximate surface area is 173 Å². The molecule has 7 heteroatoms. The first-order valence-corrected chi connectivity index (χ1v) is 9.73. The Morgan fingerprint density at radius 1 is 0.862 bits per heavy atom. The monoisotopic (exact) mass is 447 g/mol. The zero-order valence-corrected chi connectivity index (χ0v) is 17.1. The van der Waals surface area contributed by atoms with Gasteiger partial charge < -0.3 is 0 Å². The van der Waals surface area contributed by atoms with Crippen LogP contribution in [0.1, 0.15) is 15.9 Å². The van der Waals surface area contributed by atoms with Crippen LogP contribution in [0.25, 0.3) is 33.4 Å². The lowest BCUT2D eigenvalue weighted by molar-refractivity contribution is 0.104. The average Bonchev–Trinajstić information content (AvgIpc) is 3.01. The van der Waals surface area contributed by atoms with Crippen molar-refractivity contribution in [3.05, 3.63) is 85.0 Å². The maximum absolute atomic E-state index is 13.3. The van der Waals surface area contributed by atoms with E-state index < -0.39 is 11.2 Å². The molecule has 2 heterocycles. The van der Waals surface area contributed by atoms with E-state index in [0.29, 0.717) is 33.5 Å². The van der Waals surface area contributed by atoms with Crippen LogP contribution in [0.2, 0.25) is 0 Å². The Bertz CT molecular complexity index is 1500. The van der Waals surface area contributed by atoms with Crippen molar-refractivity contribution in [1.29, 1.82) is 0 Å². The molecule has 29 heavy (non-hydrogen) atoms. The lowest BCUT2D eigenvalue weighted by atomic mass is 9.95. The summed E-state index contributed by atoms with van der Waals surface area (Å²) in [6.45, 7) is 0. The highest BCUT2D eigenvalue weighted by atomic mass is 79.9. The largest absolute Gasteiger partial charge is 0.332 e. The second kappa shape index (κ2) is 6.09. The molecule has 4 aromatic rings. The fourth-order valence-electron chi connectivity index (χ4n) is 3.96. The highest BCUT2D eigenvalue weighted by Gasteiger charge is 2.34. The van der Waals surface area contributed by atoms with Gasteiger partial charge in [0.1, 0.15) is 0 Å². The maximum Gasteiger partial charge on any atom is 0.332 e. The van der Waals surface area contributed by atoms with Gasteiger partial charge in [-0.25, -0.2) is 9.78 Å². The molecular weight excluding hydrogens is 434 g/mol. The van der Waals surface area contributed by atoms with Gasteiger partial charge >= 0.3 is 5.69 Å². The average molecular weight is 448 g/mol. The molecule has 0 radical (unpaired) electrons. The van der Waals surface area contributed by atoms with Crippen molar-refractivity contribution in [3.8, 4) is 22.4 Å². The molecule has 0 atom stereocenters. The van der Waals surface area contributed by atoms with Crippen molar-refractivity contribution in [3.63, 3.8) is 0 Å². The van der Waals surface area contributed by atoms with E-state index in [1.54, 1.807) is 19.2 Å². The van der Waals surface area contributed by atoms with Crippen LogP contribution in [0.3, 0.4) is 0 Å². The number of halogens is 1. The van der Waals surface area contributed by atoms with Crippen LogP contribution in [0.15, 0.2) is 62.6 Å². The molecule has 0 unspecified atom stereocenters. The van der Waals surface area contributed by atoms with Crippen LogP contribution < -0.4 is 11.2 Å². The van der Waals surface area contributed by atoms with Gasteiger partial charge in [0.25, 0.3) is 5.56 Å². The SMILES string of the molecule is Cn1c(=O)c2c(-c3cccc(Br)c3)c3c(nc2n(C)c1=O)-c1ccccc1C3=O. The van der Waals surface area contributed by atoms with Crippen LogP contribution in [0.5, 0.6) is 0 Å². The van der Waals surface area contributed by atoms with E-state index in [1.807, 2.05) is 36.4 Å². The first-order valence-electron chi connectivity index (χ1n) is 8.94. The number of pyridine rings is 1. The molecule has 0 spiro atoms. The molecule has 1 aliphatic carbocycles. The fraction of sp³-hybridized carbons (Fsp3) is 0.0909. The van der Waals surface area contributed by atoms with E-state index in [4.69, 9.17) is 0 Å². The van der Waals surface area contributed by atoms with Gasteiger partial charge in [0.05, 0.1) is 16.6 Å². The Morgan fingerprint density at radius 3 is 2.31 bits per heavy atom. The minimum atomic E-state index is -0.475. The normalized spacial score (nSPS) is 12.3. The number of aromatic nitrogens is 3. The van der Waals surface area contributed by atoms with E-state index >= 15 is 0 Å². The predicted octanol–water partition coefficient (Wildman–Crippen LogP) is 3.27. The third-order valence-corrected chi connectivity index (χ3v) is 5.85.